The summed E-state index contributed by atoms with van der Waals surface area (Å²) < 4.78 is 4.94. The van der Waals surface area contributed by atoms with Crippen molar-refractivity contribution in [1.82, 2.24) is 0 Å². The minimum Gasteiger partial charge on any atom is -0.435 e. The third kappa shape index (κ3) is 11.0. The Balaban J connectivity index is 3.30. The van der Waals surface area contributed by atoms with Crippen LogP contribution in [-0.4, -0.2) is 5.97 Å². The molecular weight excluding hydrogens is 200 g/mol. The highest BCUT2D eigenvalue weighted by Gasteiger charge is 1.98. The summed E-state index contributed by atoms with van der Waals surface area (Å²) in [5.74, 6) is -0.147. The van der Waals surface area contributed by atoms with Crippen molar-refractivity contribution < 1.29 is 9.53 Å². The van der Waals surface area contributed by atoms with E-state index >= 15 is 0 Å². The lowest BCUT2D eigenvalue weighted by Crippen LogP contribution is -1.98. The molecule has 0 rings (SSSR count). The summed E-state index contributed by atoms with van der Waals surface area (Å²) in [6.45, 7) is 5.80. The smallest absolute Gasteiger partial charge is 0.310 e. The normalized spacial score (nSPS) is 10.6. The minimum absolute atomic E-state index is 0.147. The maximum Gasteiger partial charge on any atom is 0.310 e. The molecule has 0 atom stereocenters. The second kappa shape index (κ2) is 12.0. The van der Waals surface area contributed by atoms with Crippen LogP contribution in [-0.2, 0) is 9.53 Å². The molecule has 92 valence electrons. The fourth-order valence-electron chi connectivity index (χ4n) is 1.33. The molecule has 0 saturated carbocycles. The quantitative estimate of drug-likeness (QED) is 0.238. The van der Waals surface area contributed by atoms with Crippen molar-refractivity contribution in [2.24, 2.45) is 0 Å². The fourth-order valence-corrected chi connectivity index (χ4v) is 1.33. The summed E-state index contributed by atoms with van der Waals surface area (Å²) in [5, 5.41) is 0. The summed E-state index contributed by atoms with van der Waals surface area (Å²) in [6.07, 6.45) is 13.4. The largest absolute Gasteiger partial charge is 0.435 e. The molecule has 0 saturated heterocycles. The number of allylic oxidation sites excluding steroid dienone is 2. The molecule has 0 unspecified atom stereocenters. The van der Waals surface area contributed by atoms with Crippen molar-refractivity contribution in [2.75, 3.05) is 0 Å². The highest BCUT2D eigenvalue weighted by Crippen LogP contribution is 2.03. The van der Waals surface area contributed by atoms with Crippen LogP contribution in [0.1, 0.15) is 58.3 Å². The first-order valence-corrected chi connectivity index (χ1v) is 6.26. The lowest BCUT2D eigenvalue weighted by Gasteiger charge is -1.97. The zero-order valence-corrected chi connectivity index (χ0v) is 10.4. The molecule has 0 radical (unpaired) electrons. The average Bonchev–Trinajstić information content (AvgIpc) is 2.28. The molecule has 0 fully saturated rings. The first-order valence-electron chi connectivity index (χ1n) is 6.26. The summed E-state index contributed by atoms with van der Waals surface area (Å²) in [6, 6.07) is 0. The molecule has 0 aromatic heterocycles. The number of carbonyl (C=O) groups is 1. The van der Waals surface area contributed by atoms with E-state index in [0.29, 0.717) is 6.42 Å². The second-order valence-electron chi connectivity index (χ2n) is 3.89. The molecule has 2 heteroatoms. The number of unbranched alkanes of at least 4 members (excludes halogenated alkanes) is 5. The number of ether oxygens (including phenoxy) is 1. The minimum atomic E-state index is -0.147. The van der Waals surface area contributed by atoms with Crippen LogP contribution < -0.4 is 0 Å². The van der Waals surface area contributed by atoms with Crippen LogP contribution >= 0.6 is 0 Å². The molecular formula is C14H24O2. The molecule has 2 nitrogen and oxygen atoms in total. The zero-order valence-electron chi connectivity index (χ0n) is 10.4. The van der Waals surface area contributed by atoms with E-state index in [4.69, 9.17) is 4.74 Å². The third-order valence-corrected chi connectivity index (χ3v) is 2.31. The lowest BCUT2D eigenvalue weighted by atomic mass is 10.1. The number of carbonyl (C=O) groups excluding carboxylic acids is 1. The predicted octanol–water partition coefficient (Wildman–Crippen LogP) is 4.37. The van der Waals surface area contributed by atoms with Crippen LogP contribution in [0.3, 0.4) is 0 Å². The molecule has 0 amide bonds. The molecule has 16 heavy (non-hydrogen) atoms. The van der Waals surface area contributed by atoms with Gasteiger partial charge in [-0.15, -0.1) is 6.58 Å². The summed E-state index contributed by atoms with van der Waals surface area (Å²) >= 11 is 0. The van der Waals surface area contributed by atoms with Crippen LogP contribution in [0.4, 0.5) is 0 Å². The Hall–Kier alpha value is -1.05. The molecule has 0 bridgehead atoms. The monoisotopic (exact) mass is 224 g/mol. The van der Waals surface area contributed by atoms with Gasteiger partial charge in [-0.05, 0) is 31.8 Å². The Labute approximate surface area is 99.4 Å². The average molecular weight is 224 g/mol. The molecule has 0 N–H and O–H groups in total. The Bertz CT molecular complexity index is 207. The predicted molar refractivity (Wildman–Crippen MR) is 68.0 cm³/mol. The fraction of sp³-hybridized carbons (Fsp3) is 0.643. The summed E-state index contributed by atoms with van der Waals surface area (Å²) in [7, 11) is 0. The van der Waals surface area contributed by atoms with Gasteiger partial charge >= 0.3 is 5.97 Å². The van der Waals surface area contributed by atoms with Gasteiger partial charge in [0.25, 0.3) is 0 Å². The number of esters is 1. The van der Waals surface area contributed by atoms with E-state index in [1.54, 1.807) is 0 Å². The standard InChI is InChI=1S/C14H24O2/c1-3-5-7-8-9-11-13-16-14(15)12-10-6-4-2/h4,11,13H,2-3,5-10,12H2,1H3/b13-11-. The molecule has 0 aromatic rings. The van der Waals surface area contributed by atoms with E-state index in [-0.39, 0.29) is 5.97 Å². The first kappa shape index (κ1) is 14.9. The topological polar surface area (TPSA) is 26.3 Å². The van der Waals surface area contributed by atoms with Gasteiger partial charge in [-0.1, -0.05) is 32.3 Å². The number of hydrogen-bond acceptors (Lipinski definition) is 2. The Kier molecular flexibility index (Phi) is 11.2. The van der Waals surface area contributed by atoms with Crippen molar-refractivity contribution in [3.8, 4) is 0 Å². The van der Waals surface area contributed by atoms with E-state index in [2.05, 4.69) is 13.5 Å². The van der Waals surface area contributed by atoms with E-state index < -0.39 is 0 Å². The maximum atomic E-state index is 11.1. The number of hydrogen-bond donors (Lipinski definition) is 0. The van der Waals surface area contributed by atoms with Gasteiger partial charge in [0.05, 0.1) is 6.26 Å². The summed E-state index contributed by atoms with van der Waals surface area (Å²) in [4.78, 5) is 11.1. The van der Waals surface area contributed by atoms with E-state index in [9.17, 15) is 4.79 Å². The van der Waals surface area contributed by atoms with Crippen LogP contribution in [0.2, 0.25) is 0 Å². The van der Waals surface area contributed by atoms with Crippen LogP contribution in [0.5, 0.6) is 0 Å². The maximum absolute atomic E-state index is 11.1. The van der Waals surface area contributed by atoms with E-state index in [0.717, 1.165) is 19.3 Å². The van der Waals surface area contributed by atoms with Crippen molar-refractivity contribution in [3.05, 3.63) is 25.0 Å². The van der Waals surface area contributed by atoms with Gasteiger partial charge in [0.2, 0.25) is 0 Å². The first-order chi connectivity index (χ1) is 7.81. The lowest BCUT2D eigenvalue weighted by molar-refractivity contribution is -0.138. The third-order valence-electron chi connectivity index (χ3n) is 2.31. The number of rotatable bonds is 10. The highest BCUT2D eigenvalue weighted by molar-refractivity contribution is 5.69. The van der Waals surface area contributed by atoms with Crippen molar-refractivity contribution in [3.63, 3.8) is 0 Å². The van der Waals surface area contributed by atoms with Gasteiger partial charge < -0.3 is 4.74 Å². The van der Waals surface area contributed by atoms with Crippen LogP contribution in [0.15, 0.2) is 25.0 Å². The van der Waals surface area contributed by atoms with Crippen LogP contribution in [0.25, 0.3) is 0 Å². The van der Waals surface area contributed by atoms with Gasteiger partial charge in [0, 0.05) is 6.42 Å². The summed E-state index contributed by atoms with van der Waals surface area (Å²) in [5.41, 5.74) is 0. The van der Waals surface area contributed by atoms with Gasteiger partial charge in [-0.2, -0.15) is 0 Å². The highest BCUT2D eigenvalue weighted by atomic mass is 16.5. The van der Waals surface area contributed by atoms with E-state index in [1.807, 2.05) is 12.2 Å². The van der Waals surface area contributed by atoms with Gasteiger partial charge in [-0.25, -0.2) is 0 Å². The SMILES string of the molecule is C=CCCCC(=O)O/C=C\CCCCCC. The Morgan fingerprint density at radius 1 is 1.19 bits per heavy atom. The van der Waals surface area contributed by atoms with E-state index in [1.165, 1.54) is 31.9 Å². The second-order valence-corrected chi connectivity index (χ2v) is 3.89. The van der Waals surface area contributed by atoms with Crippen molar-refractivity contribution in [2.45, 2.75) is 58.3 Å². The van der Waals surface area contributed by atoms with Crippen molar-refractivity contribution in [1.29, 1.82) is 0 Å². The zero-order chi connectivity index (χ0) is 12.1. The van der Waals surface area contributed by atoms with Crippen LogP contribution in [0, 0.1) is 0 Å². The Morgan fingerprint density at radius 2 is 2.00 bits per heavy atom. The molecule has 0 aromatic carbocycles. The van der Waals surface area contributed by atoms with Crippen molar-refractivity contribution >= 4 is 5.97 Å². The molecule has 0 aliphatic rings. The van der Waals surface area contributed by atoms with Gasteiger partial charge in [0.1, 0.15) is 0 Å². The molecule has 0 heterocycles. The molecule has 0 aliphatic heterocycles. The molecule has 0 aliphatic carbocycles. The molecule has 0 spiro atoms. The Morgan fingerprint density at radius 3 is 2.69 bits per heavy atom. The van der Waals surface area contributed by atoms with Gasteiger partial charge in [-0.3, -0.25) is 4.79 Å². The van der Waals surface area contributed by atoms with Gasteiger partial charge in [0.15, 0.2) is 0 Å².